The molecule has 0 unspecified atom stereocenters. The van der Waals surface area contributed by atoms with E-state index in [2.05, 4.69) is 25.4 Å². The average Bonchev–Trinajstić information content (AvgIpc) is 3.14. The maximum absolute atomic E-state index is 14.1. The van der Waals surface area contributed by atoms with Gasteiger partial charge in [-0.1, -0.05) is 0 Å². The summed E-state index contributed by atoms with van der Waals surface area (Å²) in [5.74, 6) is -1.71. The Balaban J connectivity index is 1.47. The Kier molecular flexibility index (Phi) is 4.72. The van der Waals surface area contributed by atoms with Crippen molar-refractivity contribution >= 4 is 22.8 Å². The summed E-state index contributed by atoms with van der Waals surface area (Å²) in [5.41, 5.74) is 4.79. The van der Waals surface area contributed by atoms with Crippen LogP contribution in [0.1, 0.15) is 28.2 Å². The molecule has 32 heavy (non-hydrogen) atoms. The second kappa shape index (κ2) is 7.47. The Morgan fingerprint density at radius 3 is 2.62 bits per heavy atom. The zero-order valence-corrected chi connectivity index (χ0v) is 17.7. The van der Waals surface area contributed by atoms with Crippen LogP contribution in [-0.2, 0) is 13.0 Å². The quantitative estimate of drug-likeness (QED) is 0.483. The minimum absolute atomic E-state index is 0.279. The molecule has 1 aliphatic rings. The molecule has 1 aliphatic heterocycles. The van der Waals surface area contributed by atoms with Crippen molar-refractivity contribution in [2.45, 2.75) is 33.7 Å². The van der Waals surface area contributed by atoms with Gasteiger partial charge < -0.3 is 10.2 Å². The summed E-state index contributed by atoms with van der Waals surface area (Å²) in [6.45, 7) is 7.13. The zero-order valence-electron chi connectivity index (χ0n) is 17.7. The number of nitrogens with zero attached hydrogens (tertiary/aromatic N) is 6. The minimum Gasteiger partial charge on any atom is -0.352 e. The molecule has 0 aliphatic carbocycles. The summed E-state index contributed by atoms with van der Waals surface area (Å²) in [7, 11) is 0. The number of rotatable bonds is 3. The largest absolute Gasteiger partial charge is 0.352 e. The Labute approximate surface area is 181 Å². The highest BCUT2D eigenvalue weighted by Gasteiger charge is 2.23. The smallest absolute Gasteiger partial charge is 0.182 e. The Morgan fingerprint density at radius 2 is 1.81 bits per heavy atom. The molecule has 10 heteroatoms. The first-order chi connectivity index (χ1) is 15.3. The summed E-state index contributed by atoms with van der Waals surface area (Å²) >= 11 is 0. The number of pyridine rings is 1. The number of fused-ring (bicyclic) bond motifs is 2. The second-order valence-electron chi connectivity index (χ2n) is 7.93. The van der Waals surface area contributed by atoms with Gasteiger partial charge in [-0.2, -0.15) is 4.52 Å². The van der Waals surface area contributed by atoms with Crippen LogP contribution in [-0.4, -0.2) is 31.3 Å². The molecular weight excluding hydrogens is 419 g/mol. The minimum atomic E-state index is -1.25. The van der Waals surface area contributed by atoms with Crippen LogP contribution in [0.5, 0.6) is 0 Å². The van der Waals surface area contributed by atoms with Crippen LogP contribution in [0.4, 0.5) is 30.4 Å². The SMILES string of the molecule is Cc1c(N2CCc3ncc(Nc4cc(F)cc(F)c4F)cc3C2)nn2c(C)nnc2c1C. The summed E-state index contributed by atoms with van der Waals surface area (Å²) in [6.07, 6.45) is 2.24. The van der Waals surface area contributed by atoms with Gasteiger partial charge in [0.2, 0.25) is 0 Å². The van der Waals surface area contributed by atoms with Crippen molar-refractivity contribution in [2.75, 3.05) is 16.8 Å². The average molecular weight is 439 g/mol. The second-order valence-corrected chi connectivity index (χ2v) is 7.93. The lowest BCUT2D eigenvalue weighted by Gasteiger charge is -2.31. The molecule has 1 aromatic carbocycles. The maximum atomic E-state index is 14.1. The summed E-state index contributed by atoms with van der Waals surface area (Å²) < 4.78 is 42.9. The molecule has 4 aromatic rings. The van der Waals surface area contributed by atoms with E-state index in [1.807, 2.05) is 26.8 Å². The first kappa shape index (κ1) is 20.2. The van der Waals surface area contributed by atoms with E-state index in [-0.39, 0.29) is 5.69 Å². The molecule has 164 valence electrons. The van der Waals surface area contributed by atoms with Crippen LogP contribution < -0.4 is 10.2 Å². The lowest BCUT2D eigenvalue weighted by molar-refractivity contribution is 0.498. The van der Waals surface area contributed by atoms with Crippen molar-refractivity contribution in [3.63, 3.8) is 0 Å². The molecule has 0 bridgehead atoms. The van der Waals surface area contributed by atoms with E-state index in [0.29, 0.717) is 30.5 Å². The van der Waals surface area contributed by atoms with E-state index in [0.717, 1.165) is 46.5 Å². The third kappa shape index (κ3) is 3.31. The van der Waals surface area contributed by atoms with Gasteiger partial charge in [0.05, 0.1) is 17.6 Å². The Hall–Kier alpha value is -3.69. The number of halogens is 3. The molecule has 7 nitrogen and oxygen atoms in total. The van der Waals surface area contributed by atoms with E-state index in [1.165, 1.54) is 6.20 Å². The molecule has 4 heterocycles. The van der Waals surface area contributed by atoms with Crippen molar-refractivity contribution in [3.05, 3.63) is 70.1 Å². The molecule has 0 saturated carbocycles. The van der Waals surface area contributed by atoms with Crippen LogP contribution >= 0.6 is 0 Å². The number of aryl methyl sites for hydroxylation is 2. The number of nitrogens with one attached hydrogen (secondary N) is 1. The lowest BCUT2D eigenvalue weighted by Crippen LogP contribution is -2.33. The molecule has 5 rings (SSSR count). The van der Waals surface area contributed by atoms with Gasteiger partial charge in [-0.15, -0.1) is 15.3 Å². The van der Waals surface area contributed by atoms with Gasteiger partial charge in [0.25, 0.3) is 0 Å². The predicted octanol–water partition coefficient (Wildman–Crippen LogP) is 4.17. The topological polar surface area (TPSA) is 71.2 Å². The fourth-order valence-electron chi connectivity index (χ4n) is 3.99. The summed E-state index contributed by atoms with van der Waals surface area (Å²) in [5, 5.41) is 15.8. The predicted molar refractivity (Wildman–Crippen MR) is 114 cm³/mol. The zero-order chi connectivity index (χ0) is 22.6. The highest BCUT2D eigenvalue weighted by atomic mass is 19.2. The third-order valence-electron chi connectivity index (χ3n) is 5.84. The molecule has 1 N–H and O–H groups in total. The van der Waals surface area contributed by atoms with Crippen LogP contribution in [0.3, 0.4) is 0 Å². The first-order valence-corrected chi connectivity index (χ1v) is 10.2. The molecule has 0 atom stereocenters. The van der Waals surface area contributed by atoms with E-state index in [1.54, 1.807) is 4.52 Å². The maximum Gasteiger partial charge on any atom is 0.182 e. The molecule has 0 fully saturated rings. The van der Waals surface area contributed by atoms with Gasteiger partial charge in [0.15, 0.2) is 28.9 Å². The van der Waals surface area contributed by atoms with Gasteiger partial charge in [-0.3, -0.25) is 4.98 Å². The fraction of sp³-hybridized carbons (Fsp3) is 0.273. The Bertz CT molecular complexity index is 1370. The molecule has 0 amide bonds. The molecule has 0 radical (unpaired) electrons. The van der Waals surface area contributed by atoms with Crippen molar-refractivity contribution in [3.8, 4) is 0 Å². The van der Waals surface area contributed by atoms with Crippen LogP contribution in [0.15, 0.2) is 24.4 Å². The van der Waals surface area contributed by atoms with E-state index >= 15 is 0 Å². The van der Waals surface area contributed by atoms with Crippen LogP contribution in [0, 0.1) is 38.2 Å². The number of aromatic nitrogens is 5. The standard InChI is InChI=1S/C22H20F3N7/c1-11-12(2)22(30-32-13(3)28-29-21(11)32)31-5-4-18-14(10-31)6-16(9-26-18)27-19-8-15(23)7-17(24)20(19)25/h6-9,27H,4-5,10H2,1-3H3. The van der Waals surface area contributed by atoms with E-state index < -0.39 is 17.5 Å². The van der Waals surface area contributed by atoms with Crippen molar-refractivity contribution in [2.24, 2.45) is 0 Å². The van der Waals surface area contributed by atoms with E-state index in [9.17, 15) is 13.2 Å². The highest BCUT2D eigenvalue weighted by Crippen LogP contribution is 2.30. The third-order valence-corrected chi connectivity index (χ3v) is 5.84. The molecule has 0 spiro atoms. The summed E-state index contributed by atoms with van der Waals surface area (Å²) in [4.78, 5) is 6.62. The first-order valence-electron chi connectivity index (χ1n) is 10.2. The van der Waals surface area contributed by atoms with Gasteiger partial charge in [-0.05, 0) is 32.4 Å². The molecule has 0 saturated heterocycles. The van der Waals surface area contributed by atoms with Gasteiger partial charge in [0, 0.05) is 48.5 Å². The number of benzene rings is 1. The van der Waals surface area contributed by atoms with Crippen molar-refractivity contribution < 1.29 is 13.2 Å². The molecular formula is C22H20F3N7. The molecule has 3 aromatic heterocycles. The lowest BCUT2D eigenvalue weighted by atomic mass is 10.0. The summed E-state index contributed by atoms with van der Waals surface area (Å²) in [6, 6.07) is 3.24. The number of hydrogen-bond donors (Lipinski definition) is 1. The Morgan fingerprint density at radius 1 is 1.00 bits per heavy atom. The van der Waals surface area contributed by atoms with Gasteiger partial charge in [0.1, 0.15) is 5.82 Å². The fourth-order valence-corrected chi connectivity index (χ4v) is 3.99. The van der Waals surface area contributed by atoms with Crippen molar-refractivity contribution in [1.82, 2.24) is 24.8 Å². The van der Waals surface area contributed by atoms with Crippen LogP contribution in [0.25, 0.3) is 5.65 Å². The van der Waals surface area contributed by atoms with Crippen LogP contribution in [0.2, 0.25) is 0 Å². The normalized spacial score (nSPS) is 13.5. The monoisotopic (exact) mass is 439 g/mol. The van der Waals surface area contributed by atoms with E-state index in [4.69, 9.17) is 5.10 Å². The highest BCUT2D eigenvalue weighted by molar-refractivity contribution is 5.63. The van der Waals surface area contributed by atoms with Gasteiger partial charge in [-0.25, -0.2) is 13.2 Å². The number of anilines is 3. The van der Waals surface area contributed by atoms with Gasteiger partial charge >= 0.3 is 0 Å². The van der Waals surface area contributed by atoms with Crippen molar-refractivity contribution in [1.29, 1.82) is 0 Å². The number of hydrogen-bond acceptors (Lipinski definition) is 6.